The predicted octanol–water partition coefficient (Wildman–Crippen LogP) is 0.535. The molecule has 0 saturated carbocycles. The maximum atomic E-state index is 9.01. The summed E-state index contributed by atoms with van der Waals surface area (Å²) in [4.78, 5) is 6.19. The fourth-order valence-electron chi connectivity index (χ4n) is 1.42. The minimum atomic E-state index is 0.0729. The number of anilines is 1. The van der Waals surface area contributed by atoms with Gasteiger partial charge in [-0.15, -0.1) is 0 Å². The number of aromatic nitrogens is 1. The third-order valence-electron chi connectivity index (χ3n) is 2.21. The molecular weight excluding hydrogens is 208 g/mol. The molecule has 0 aliphatic rings. The molecule has 0 radical (unpaired) electrons. The van der Waals surface area contributed by atoms with Gasteiger partial charge in [0, 0.05) is 26.4 Å². The molecule has 0 aromatic carbocycles. The van der Waals surface area contributed by atoms with E-state index in [0.29, 0.717) is 25.4 Å². The lowest BCUT2D eigenvalue weighted by molar-refractivity contribution is 0.202. The molecular formula is C11H18N2O3. The lowest BCUT2D eigenvalue weighted by atomic mass is 10.3. The standard InChI is InChI=1S/C11H18N2O3/c1-15-9-7-13(6-8-14)11-10(16-2)4-3-5-12-11/h3-5,14H,6-9H2,1-2H3. The van der Waals surface area contributed by atoms with Crippen molar-refractivity contribution < 1.29 is 14.6 Å². The van der Waals surface area contributed by atoms with Crippen LogP contribution in [-0.2, 0) is 4.74 Å². The minimum absolute atomic E-state index is 0.0729. The second kappa shape index (κ2) is 7.03. The Bertz CT molecular complexity index is 307. The van der Waals surface area contributed by atoms with E-state index < -0.39 is 0 Å². The Kier molecular flexibility index (Phi) is 5.60. The number of aliphatic hydroxyl groups is 1. The predicted molar refractivity (Wildman–Crippen MR) is 62.0 cm³/mol. The summed E-state index contributed by atoms with van der Waals surface area (Å²) < 4.78 is 10.2. The van der Waals surface area contributed by atoms with Crippen LogP contribution >= 0.6 is 0 Å². The van der Waals surface area contributed by atoms with E-state index in [4.69, 9.17) is 14.6 Å². The highest BCUT2D eigenvalue weighted by atomic mass is 16.5. The van der Waals surface area contributed by atoms with Crippen molar-refractivity contribution in [2.75, 3.05) is 45.4 Å². The molecule has 90 valence electrons. The summed E-state index contributed by atoms with van der Waals surface area (Å²) in [6.07, 6.45) is 1.70. The van der Waals surface area contributed by atoms with E-state index >= 15 is 0 Å². The van der Waals surface area contributed by atoms with Gasteiger partial charge in [0.15, 0.2) is 11.6 Å². The van der Waals surface area contributed by atoms with Crippen LogP contribution in [0.3, 0.4) is 0 Å². The smallest absolute Gasteiger partial charge is 0.171 e. The van der Waals surface area contributed by atoms with Crippen molar-refractivity contribution in [3.8, 4) is 5.75 Å². The first kappa shape index (κ1) is 12.7. The van der Waals surface area contributed by atoms with Gasteiger partial charge in [-0.1, -0.05) is 0 Å². The Morgan fingerprint density at radius 1 is 1.38 bits per heavy atom. The molecule has 1 N–H and O–H groups in total. The molecule has 0 atom stereocenters. The summed E-state index contributed by atoms with van der Waals surface area (Å²) in [6.45, 7) is 1.84. The monoisotopic (exact) mass is 226 g/mol. The van der Waals surface area contributed by atoms with Crippen molar-refractivity contribution in [2.45, 2.75) is 0 Å². The zero-order chi connectivity index (χ0) is 11.8. The molecule has 0 aliphatic carbocycles. The zero-order valence-electron chi connectivity index (χ0n) is 9.72. The first-order valence-electron chi connectivity index (χ1n) is 5.17. The Morgan fingerprint density at radius 3 is 2.81 bits per heavy atom. The molecule has 1 aromatic rings. The van der Waals surface area contributed by atoms with Gasteiger partial charge in [0.05, 0.1) is 20.3 Å². The van der Waals surface area contributed by atoms with Gasteiger partial charge in [0.1, 0.15) is 0 Å². The second-order valence-electron chi connectivity index (χ2n) is 3.23. The molecule has 5 heteroatoms. The molecule has 0 aliphatic heterocycles. The Labute approximate surface area is 95.6 Å². The number of rotatable bonds is 7. The van der Waals surface area contributed by atoms with Gasteiger partial charge >= 0.3 is 0 Å². The average molecular weight is 226 g/mol. The quantitative estimate of drug-likeness (QED) is 0.735. The van der Waals surface area contributed by atoms with E-state index in [-0.39, 0.29) is 6.61 Å². The topological polar surface area (TPSA) is 54.8 Å². The molecule has 16 heavy (non-hydrogen) atoms. The average Bonchev–Trinajstić information content (AvgIpc) is 2.34. The number of hydrogen-bond acceptors (Lipinski definition) is 5. The maximum Gasteiger partial charge on any atom is 0.171 e. The molecule has 0 fully saturated rings. The fraction of sp³-hybridized carbons (Fsp3) is 0.545. The number of methoxy groups -OCH3 is 2. The zero-order valence-corrected chi connectivity index (χ0v) is 9.72. The molecule has 0 saturated heterocycles. The van der Waals surface area contributed by atoms with E-state index in [2.05, 4.69) is 4.98 Å². The number of aliphatic hydroxyl groups excluding tert-OH is 1. The molecule has 1 heterocycles. The van der Waals surface area contributed by atoms with E-state index in [1.807, 2.05) is 17.0 Å². The third-order valence-corrected chi connectivity index (χ3v) is 2.21. The van der Waals surface area contributed by atoms with Crippen molar-refractivity contribution in [3.63, 3.8) is 0 Å². The van der Waals surface area contributed by atoms with Crippen molar-refractivity contribution in [2.24, 2.45) is 0 Å². The van der Waals surface area contributed by atoms with Crippen LogP contribution < -0.4 is 9.64 Å². The second-order valence-corrected chi connectivity index (χ2v) is 3.23. The van der Waals surface area contributed by atoms with E-state index in [9.17, 15) is 0 Å². The van der Waals surface area contributed by atoms with Crippen LogP contribution in [0.4, 0.5) is 5.82 Å². The Balaban J connectivity index is 2.81. The Hall–Kier alpha value is -1.33. The summed E-state index contributed by atoms with van der Waals surface area (Å²) in [5.74, 6) is 1.43. The number of nitrogens with zero attached hydrogens (tertiary/aromatic N) is 2. The van der Waals surface area contributed by atoms with E-state index in [1.54, 1.807) is 20.4 Å². The Morgan fingerprint density at radius 2 is 2.19 bits per heavy atom. The van der Waals surface area contributed by atoms with Gasteiger partial charge in [0.2, 0.25) is 0 Å². The summed E-state index contributed by atoms with van der Waals surface area (Å²) in [5, 5.41) is 9.01. The molecule has 0 bridgehead atoms. The van der Waals surface area contributed by atoms with Crippen LogP contribution in [-0.4, -0.2) is 50.6 Å². The lowest BCUT2D eigenvalue weighted by Crippen LogP contribution is -2.31. The van der Waals surface area contributed by atoms with Gasteiger partial charge in [-0.3, -0.25) is 0 Å². The first-order chi connectivity index (χ1) is 7.83. The molecule has 0 unspecified atom stereocenters. The highest BCUT2D eigenvalue weighted by Gasteiger charge is 2.12. The van der Waals surface area contributed by atoms with Crippen LogP contribution in [0, 0.1) is 0 Å². The van der Waals surface area contributed by atoms with E-state index in [0.717, 1.165) is 5.82 Å². The molecule has 0 amide bonds. The lowest BCUT2D eigenvalue weighted by Gasteiger charge is -2.23. The molecule has 0 spiro atoms. The van der Waals surface area contributed by atoms with Crippen LogP contribution in [0.15, 0.2) is 18.3 Å². The molecule has 5 nitrogen and oxygen atoms in total. The van der Waals surface area contributed by atoms with Gasteiger partial charge in [-0.25, -0.2) is 4.98 Å². The number of pyridine rings is 1. The van der Waals surface area contributed by atoms with Gasteiger partial charge in [0.25, 0.3) is 0 Å². The normalized spacial score (nSPS) is 10.2. The van der Waals surface area contributed by atoms with Crippen molar-refractivity contribution in [1.82, 2.24) is 4.98 Å². The van der Waals surface area contributed by atoms with Crippen molar-refractivity contribution >= 4 is 5.82 Å². The highest BCUT2D eigenvalue weighted by Crippen LogP contribution is 2.24. The number of hydrogen-bond donors (Lipinski definition) is 1. The summed E-state index contributed by atoms with van der Waals surface area (Å²) in [5.41, 5.74) is 0. The van der Waals surface area contributed by atoms with Crippen LogP contribution in [0.25, 0.3) is 0 Å². The molecule has 1 rings (SSSR count). The van der Waals surface area contributed by atoms with Crippen molar-refractivity contribution in [3.05, 3.63) is 18.3 Å². The minimum Gasteiger partial charge on any atom is -0.493 e. The van der Waals surface area contributed by atoms with E-state index in [1.165, 1.54) is 0 Å². The number of ether oxygens (including phenoxy) is 2. The van der Waals surface area contributed by atoms with Crippen LogP contribution in [0.1, 0.15) is 0 Å². The van der Waals surface area contributed by atoms with Gasteiger partial charge in [-0.05, 0) is 12.1 Å². The van der Waals surface area contributed by atoms with Gasteiger partial charge in [-0.2, -0.15) is 0 Å². The maximum absolute atomic E-state index is 9.01. The third kappa shape index (κ3) is 3.36. The van der Waals surface area contributed by atoms with Crippen LogP contribution in [0.5, 0.6) is 5.75 Å². The van der Waals surface area contributed by atoms with Crippen LogP contribution in [0.2, 0.25) is 0 Å². The van der Waals surface area contributed by atoms with Crippen molar-refractivity contribution in [1.29, 1.82) is 0 Å². The van der Waals surface area contributed by atoms with Gasteiger partial charge < -0.3 is 19.5 Å². The fourth-order valence-corrected chi connectivity index (χ4v) is 1.42. The highest BCUT2D eigenvalue weighted by molar-refractivity contribution is 5.51. The SMILES string of the molecule is COCCN(CCO)c1ncccc1OC. The first-order valence-corrected chi connectivity index (χ1v) is 5.17. The summed E-state index contributed by atoms with van der Waals surface area (Å²) in [6, 6.07) is 3.66. The largest absolute Gasteiger partial charge is 0.493 e. The summed E-state index contributed by atoms with van der Waals surface area (Å²) in [7, 11) is 3.25. The summed E-state index contributed by atoms with van der Waals surface area (Å²) >= 11 is 0. The molecule has 1 aromatic heterocycles.